The highest BCUT2D eigenvalue weighted by Gasteiger charge is 2.15. The van der Waals surface area contributed by atoms with Gasteiger partial charge in [0.1, 0.15) is 10.7 Å². The van der Waals surface area contributed by atoms with Crippen LogP contribution in [0.3, 0.4) is 0 Å². The van der Waals surface area contributed by atoms with Gasteiger partial charge in [-0.05, 0) is 24.3 Å². The highest BCUT2D eigenvalue weighted by molar-refractivity contribution is 7.18. The van der Waals surface area contributed by atoms with E-state index in [1.165, 1.54) is 11.3 Å². The first-order valence-corrected chi connectivity index (χ1v) is 8.32. The minimum atomic E-state index is 0.603. The maximum absolute atomic E-state index is 9.16. The fraction of sp³-hybridized carbons (Fsp3) is 0. The average Bonchev–Trinajstić information content (AvgIpc) is 3.32. The van der Waals surface area contributed by atoms with Crippen molar-refractivity contribution in [2.24, 2.45) is 0 Å². The summed E-state index contributed by atoms with van der Waals surface area (Å²) in [5, 5.41) is 14.1. The van der Waals surface area contributed by atoms with Gasteiger partial charge in [-0.3, -0.25) is 9.55 Å². The molecule has 0 aliphatic heterocycles. The van der Waals surface area contributed by atoms with Crippen LogP contribution in [0.1, 0.15) is 5.56 Å². The summed E-state index contributed by atoms with van der Waals surface area (Å²) in [6.45, 7) is 0. The van der Waals surface area contributed by atoms with E-state index in [9.17, 15) is 0 Å². The largest absolute Gasteiger partial charge is 0.331 e. The van der Waals surface area contributed by atoms with Gasteiger partial charge in [0.2, 0.25) is 0 Å². The van der Waals surface area contributed by atoms with Crippen LogP contribution < -0.4 is 5.32 Å². The molecule has 6 nitrogen and oxygen atoms in total. The summed E-state index contributed by atoms with van der Waals surface area (Å²) < 4.78 is 1.92. The summed E-state index contributed by atoms with van der Waals surface area (Å²) in [4.78, 5) is 12.9. The second-order valence-corrected chi connectivity index (χ2v) is 6.17. The van der Waals surface area contributed by atoms with E-state index >= 15 is 0 Å². The first-order valence-electron chi connectivity index (χ1n) is 7.50. The van der Waals surface area contributed by atoms with E-state index in [0.29, 0.717) is 5.56 Å². The molecule has 0 atom stereocenters. The van der Waals surface area contributed by atoms with Gasteiger partial charge >= 0.3 is 0 Å². The Balaban J connectivity index is 1.80. The molecule has 25 heavy (non-hydrogen) atoms. The van der Waals surface area contributed by atoms with E-state index < -0.39 is 0 Å². The van der Waals surface area contributed by atoms with Crippen molar-refractivity contribution in [3.63, 3.8) is 0 Å². The Morgan fingerprint density at radius 2 is 1.96 bits per heavy atom. The van der Waals surface area contributed by atoms with Crippen molar-refractivity contribution in [3.05, 3.63) is 73.1 Å². The lowest BCUT2D eigenvalue weighted by Crippen LogP contribution is -1.91. The summed E-state index contributed by atoms with van der Waals surface area (Å²) in [5.74, 6) is 0. The van der Waals surface area contributed by atoms with E-state index in [2.05, 4.69) is 21.4 Å². The second-order valence-electron chi connectivity index (χ2n) is 5.20. The SMILES string of the molecule is N#Cc1cccc(-c2nc(Nc3ccncc3)sc2-n2ccnc2)c1. The van der Waals surface area contributed by atoms with Gasteiger partial charge in [0.25, 0.3) is 0 Å². The summed E-state index contributed by atoms with van der Waals surface area (Å²) in [6, 6.07) is 13.4. The molecule has 3 heterocycles. The summed E-state index contributed by atoms with van der Waals surface area (Å²) in [6.07, 6.45) is 8.79. The van der Waals surface area contributed by atoms with Crippen LogP contribution in [0.15, 0.2) is 67.5 Å². The molecule has 0 aliphatic rings. The maximum atomic E-state index is 9.16. The molecule has 0 unspecified atom stereocenters. The molecule has 0 saturated heterocycles. The smallest absolute Gasteiger partial charge is 0.189 e. The first-order chi connectivity index (χ1) is 12.3. The number of hydrogen-bond acceptors (Lipinski definition) is 6. The van der Waals surface area contributed by atoms with Gasteiger partial charge in [0.15, 0.2) is 5.13 Å². The van der Waals surface area contributed by atoms with Crippen LogP contribution in [0, 0.1) is 11.3 Å². The first kappa shape index (κ1) is 15.1. The van der Waals surface area contributed by atoms with Gasteiger partial charge in [-0.1, -0.05) is 23.5 Å². The minimum Gasteiger partial charge on any atom is -0.331 e. The van der Waals surface area contributed by atoms with Crippen molar-refractivity contribution in [2.75, 3.05) is 5.32 Å². The Hall–Kier alpha value is -3.50. The quantitative estimate of drug-likeness (QED) is 0.605. The van der Waals surface area contributed by atoms with Crippen LogP contribution in [0.25, 0.3) is 16.3 Å². The Kier molecular flexibility index (Phi) is 3.94. The number of thiazole rings is 1. The van der Waals surface area contributed by atoms with Gasteiger partial charge in [-0.15, -0.1) is 0 Å². The zero-order valence-corrected chi connectivity index (χ0v) is 13.8. The molecule has 0 spiro atoms. The number of anilines is 2. The van der Waals surface area contributed by atoms with Crippen molar-refractivity contribution < 1.29 is 0 Å². The number of benzene rings is 1. The highest BCUT2D eigenvalue weighted by atomic mass is 32.1. The lowest BCUT2D eigenvalue weighted by atomic mass is 10.1. The third kappa shape index (κ3) is 3.11. The Labute approximate surface area is 148 Å². The van der Waals surface area contributed by atoms with E-state index in [1.807, 2.05) is 41.1 Å². The summed E-state index contributed by atoms with van der Waals surface area (Å²) in [7, 11) is 0. The monoisotopic (exact) mass is 344 g/mol. The molecule has 0 saturated carbocycles. The van der Waals surface area contributed by atoms with Gasteiger partial charge in [-0.25, -0.2) is 9.97 Å². The number of imidazole rings is 1. The molecular formula is C18H12N6S. The molecule has 1 N–H and O–H groups in total. The fourth-order valence-electron chi connectivity index (χ4n) is 2.40. The third-order valence-electron chi connectivity index (χ3n) is 3.54. The average molecular weight is 344 g/mol. The molecule has 4 rings (SSSR count). The van der Waals surface area contributed by atoms with Crippen molar-refractivity contribution in [2.45, 2.75) is 0 Å². The Bertz CT molecular complexity index is 1030. The molecule has 0 fully saturated rings. The number of aromatic nitrogens is 4. The van der Waals surface area contributed by atoms with E-state index in [-0.39, 0.29) is 0 Å². The fourth-order valence-corrected chi connectivity index (χ4v) is 3.37. The van der Waals surface area contributed by atoms with Crippen molar-refractivity contribution in [1.82, 2.24) is 19.5 Å². The number of hydrogen-bond donors (Lipinski definition) is 1. The molecule has 0 radical (unpaired) electrons. The lowest BCUT2D eigenvalue weighted by Gasteiger charge is -2.03. The lowest BCUT2D eigenvalue weighted by molar-refractivity contribution is 1.08. The van der Waals surface area contributed by atoms with Gasteiger partial charge in [0.05, 0.1) is 18.0 Å². The normalized spacial score (nSPS) is 10.4. The van der Waals surface area contributed by atoms with Crippen molar-refractivity contribution in [3.8, 4) is 22.3 Å². The van der Waals surface area contributed by atoms with Gasteiger partial charge in [-0.2, -0.15) is 5.26 Å². The zero-order chi connectivity index (χ0) is 17.1. The van der Waals surface area contributed by atoms with Gasteiger partial charge < -0.3 is 5.32 Å². The molecule has 7 heteroatoms. The van der Waals surface area contributed by atoms with E-state index in [0.717, 1.165) is 27.1 Å². The highest BCUT2D eigenvalue weighted by Crippen LogP contribution is 2.35. The van der Waals surface area contributed by atoms with Crippen molar-refractivity contribution in [1.29, 1.82) is 5.26 Å². The van der Waals surface area contributed by atoms with Crippen LogP contribution in [-0.2, 0) is 0 Å². The van der Waals surface area contributed by atoms with Gasteiger partial charge in [0, 0.05) is 36.0 Å². The predicted molar refractivity (Wildman–Crippen MR) is 96.9 cm³/mol. The molecule has 3 aromatic heterocycles. The summed E-state index contributed by atoms with van der Waals surface area (Å²) >= 11 is 1.52. The van der Waals surface area contributed by atoms with Crippen LogP contribution in [0.4, 0.5) is 10.8 Å². The van der Waals surface area contributed by atoms with Crippen LogP contribution in [0.2, 0.25) is 0 Å². The summed E-state index contributed by atoms with van der Waals surface area (Å²) in [5.41, 5.74) is 3.21. The van der Waals surface area contributed by atoms with Crippen LogP contribution >= 0.6 is 11.3 Å². The maximum Gasteiger partial charge on any atom is 0.189 e. The number of nitriles is 1. The van der Waals surface area contributed by atoms with E-state index in [4.69, 9.17) is 10.2 Å². The number of rotatable bonds is 4. The molecule has 120 valence electrons. The Morgan fingerprint density at radius 3 is 2.72 bits per heavy atom. The van der Waals surface area contributed by atoms with Crippen molar-refractivity contribution >= 4 is 22.2 Å². The molecule has 4 aromatic rings. The molecule has 0 aliphatic carbocycles. The third-order valence-corrected chi connectivity index (χ3v) is 4.53. The van der Waals surface area contributed by atoms with E-state index in [1.54, 1.807) is 31.0 Å². The predicted octanol–water partition coefficient (Wildman–Crippen LogP) is 4.01. The minimum absolute atomic E-state index is 0.603. The molecule has 1 aromatic carbocycles. The number of nitrogens with zero attached hydrogens (tertiary/aromatic N) is 5. The van der Waals surface area contributed by atoms with Crippen LogP contribution in [0.5, 0.6) is 0 Å². The molecule has 0 bridgehead atoms. The molecule has 0 amide bonds. The Morgan fingerprint density at radius 1 is 1.08 bits per heavy atom. The number of nitrogens with one attached hydrogen (secondary N) is 1. The zero-order valence-electron chi connectivity index (χ0n) is 13.0. The number of pyridine rings is 1. The standard InChI is InChI=1S/C18H12N6S/c19-11-13-2-1-3-14(10-13)16-17(24-9-8-21-12-24)25-18(23-16)22-15-4-6-20-7-5-15/h1-10,12H,(H,20,22,23). The molecular weight excluding hydrogens is 332 g/mol. The van der Waals surface area contributed by atoms with Crippen LogP contribution in [-0.4, -0.2) is 19.5 Å². The topological polar surface area (TPSA) is 79.4 Å². The second kappa shape index (κ2) is 6.55.